The van der Waals surface area contributed by atoms with E-state index in [2.05, 4.69) is 31.2 Å². The Hall–Kier alpha value is -3.43. The number of carbonyl (C=O) groups is 3. The lowest BCUT2D eigenvalue weighted by atomic mass is 9.82. The molecule has 6 rings (SSSR count). The maximum Gasteiger partial charge on any atom is 0.243 e. The number of hydrogen-bond donors (Lipinski definition) is 5. The predicted octanol–water partition coefficient (Wildman–Crippen LogP) is -1.18. The first-order valence-corrected chi connectivity index (χ1v) is 15.5. The first kappa shape index (κ1) is 30.6. The largest absolute Gasteiger partial charge is 0.388 e. The summed E-state index contributed by atoms with van der Waals surface area (Å²) in [7, 11) is 0. The Morgan fingerprint density at radius 1 is 0.977 bits per heavy atom. The van der Waals surface area contributed by atoms with Crippen molar-refractivity contribution in [3.8, 4) is 5.69 Å². The van der Waals surface area contributed by atoms with Crippen molar-refractivity contribution in [1.82, 2.24) is 35.8 Å². The van der Waals surface area contributed by atoms with Gasteiger partial charge in [0.15, 0.2) is 0 Å². The molecular weight excluding hydrogens is 570 g/mol. The van der Waals surface area contributed by atoms with Crippen LogP contribution in [0.25, 0.3) is 5.69 Å². The van der Waals surface area contributed by atoms with Gasteiger partial charge < -0.3 is 40.5 Å². The number of nitrogens with zero attached hydrogens (tertiary/aromatic N) is 4. The van der Waals surface area contributed by atoms with Gasteiger partial charge in [-0.1, -0.05) is 23.4 Å². The third-order valence-corrected chi connectivity index (χ3v) is 9.32. The summed E-state index contributed by atoms with van der Waals surface area (Å²) in [5.41, 5.74) is 0.457. The average molecular weight is 612 g/mol. The molecule has 1 aromatic carbocycles. The van der Waals surface area contributed by atoms with Crippen LogP contribution in [0.1, 0.15) is 44.2 Å². The number of para-hydroxylation sites is 1. The number of aliphatic hydroxyl groups is 2. The van der Waals surface area contributed by atoms with E-state index in [1.54, 1.807) is 10.9 Å². The van der Waals surface area contributed by atoms with Crippen molar-refractivity contribution in [3.05, 3.63) is 42.2 Å². The SMILES string of the molecule is O=C1CC2(CCN(C3CCOCC3)CC2)NC(=O)C[C@@H]2O[C@H](CNC(=O)[C@@H](Cc3cn(-c4ccccc4)nn3)N1)C(O)C2O. The van der Waals surface area contributed by atoms with Crippen molar-refractivity contribution >= 4 is 17.7 Å². The molecule has 1 spiro atoms. The van der Waals surface area contributed by atoms with Crippen molar-refractivity contribution in [1.29, 1.82) is 0 Å². The van der Waals surface area contributed by atoms with Gasteiger partial charge in [0.25, 0.3) is 0 Å². The Morgan fingerprint density at radius 3 is 2.45 bits per heavy atom. The maximum atomic E-state index is 13.6. The number of carbonyl (C=O) groups excluding carboxylic acids is 3. The highest BCUT2D eigenvalue weighted by atomic mass is 16.5. The van der Waals surface area contributed by atoms with E-state index in [-0.39, 0.29) is 37.6 Å². The van der Waals surface area contributed by atoms with E-state index in [9.17, 15) is 24.6 Å². The summed E-state index contributed by atoms with van der Waals surface area (Å²) < 4.78 is 13.0. The van der Waals surface area contributed by atoms with Gasteiger partial charge in [0.05, 0.1) is 35.6 Å². The number of nitrogens with one attached hydrogen (secondary N) is 3. The molecule has 14 heteroatoms. The molecule has 5 heterocycles. The Morgan fingerprint density at radius 2 is 1.70 bits per heavy atom. The molecule has 1 aromatic heterocycles. The van der Waals surface area contributed by atoms with E-state index in [1.807, 2.05) is 30.3 Å². The molecule has 2 aromatic rings. The van der Waals surface area contributed by atoms with Crippen LogP contribution in [0.4, 0.5) is 0 Å². The molecule has 5 atom stereocenters. The second-order valence-electron chi connectivity index (χ2n) is 12.3. The number of aromatic nitrogens is 3. The number of piperidine rings is 1. The topological polar surface area (TPSA) is 180 Å². The van der Waals surface area contributed by atoms with Crippen LogP contribution >= 0.6 is 0 Å². The number of rotatable bonds is 4. The molecule has 238 valence electrons. The minimum Gasteiger partial charge on any atom is -0.388 e. The molecule has 4 saturated heterocycles. The number of aliphatic hydroxyl groups excluding tert-OH is 2. The molecule has 2 unspecified atom stereocenters. The van der Waals surface area contributed by atoms with Gasteiger partial charge in [-0.15, -0.1) is 5.10 Å². The van der Waals surface area contributed by atoms with Crippen molar-refractivity contribution in [2.45, 2.75) is 87.0 Å². The highest BCUT2D eigenvalue weighted by Gasteiger charge is 2.46. The number of benzene rings is 1. The van der Waals surface area contributed by atoms with Crippen molar-refractivity contribution < 1.29 is 34.1 Å². The fourth-order valence-corrected chi connectivity index (χ4v) is 6.80. The first-order chi connectivity index (χ1) is 21.3. The van der Waals surface area contributed by atoms with Crippen LogP contribution in [-0.4, -0.2) is 123 Å². The van der Waals surface area contributed by atoms with E-state index in [1.165, 1.54) is 0 Å². The second-order valence-corrected chi connectivity index (χ2v) is 12.3. The fourth-order valence-electron chi connectivity index (χ4n) is 6.80. The minimum absolute atomic E-state index is 0.0137. The molecule has 4 aliphatic heterocycles. The molecule has 0 saturated carbocycles. The molecule has 5 N–H and O–H groups in total. The highest BCUT2D eigenvalue weighted by molar-refractivity contribution is 5.88. The van der Waals surface area contributed by atoms with Crippen molar-refractivity contribution in [3.63, 3.8) is 0 Å². The molecule has 4 aliphatic rings. The number of amides is 3. The zero-order chi connectivity index (χ0) is 30.7. The number of fused-ring (bicyclic) bond motifs is 2. The van der Waals surface area contributed by atoms with Crippen molar-refractivity contribution in [2.24, 2.45) is 0 Å². The van der Waals surface area contributed by atoms with Crippen LogP contribution in [0, 0.1) is 0 Å². The molecule has 0 aliphatic carbocycles. The number of likely N-dealkylation sites (tertiary alicyclic amines) is 1. The van der Waals surface area contributed by atoms with Gasteiger partial charge in [0, 0.05) is 51.7 Å². The third-order valence-electron chi connectivity index (χ3n) is 9.32. The van der Waals surface area contributed by atoms with E-state index in [0.29, 0.717) is 37.7 Å². The van der Waals surface area contributed by atoms with Crippen LogP contribution in [0.5, 0.6) is 0 Å². The van der Waals surface area contributed by atoms with Crippen molar-refractivity contribution in [2.75, 3.05) is 32.8 Å². The summed E-state index contributed by atoms with van der Waals surface area (Å²) in [6.45, 7) is 2.75. The van der Waals surface area contributed by atoms with E-state index < -0.39 is 41.9 Å². The Bertz CT molecular complexity index is 1310. The number of hydrogen-bond acceptors (Lipinski definition) is 10. The predicted molar refractivity (Wildman–Crippen MR) is 155 cm³/mol. The zero-order valence-electron chi connectivity index (χ0n) is 24.6. The zero-order valence-corrected chi connectivity index (χ0v) is 24.6. The first-order valence-electron chi connectivity index (χ1n) is 15.5. The van der Waals surface area contributed by atoms with Crippen LogP contribution in [0.15, 0.2) is 36.5 Å². The van der Waals surface area contributed by atoms with Gasteiger partial charge >= 0.3 is 0 Å². The van der Waals surface area contributed by atoms with Gasteiger partial charge in [-0.3, -0.25) is 14.4 Å². The van der Waals surface area contributed by atoms with Crippen LogP contribution in [0.3, 0.4) is 0 Å². The molecule has 2 bridgehead atoms. The summed E-state index contributed by atoms with van der Waals surface area (Å²) in [5.74, 6) is -1.20. The van der Waals surface area contributed by atoms with Crippen LogP contribution < -0.4 is 16.0 Å². The van der Waals surface area contributed by atoms with Gasteiger partial charge in [0.1, 0.15) is 24.4 Å². The summed E-state index contributed by atoms with van der Waals surface area (Å²) in [6.07, 6.45) is 0.160. The van der Waals surface area contributed by atoms with Gasteiger partial charge in [0.2, 0.25) is 17.7 Å². The Balaban J connectivity index is 1.22. The fraction of sp³-hybridized carbons (Fsp3) is 0.633. The molecule has 44 heavy (non-hydrogen) atoms. The molecule has 0 radical (unpaired) electrons. The Labute approximate surface area is 255 Å². The molecular formula is C30H41N7O7. The normalized spacial score (nSPS) is 30.8. The van der Waals surface area contributed by atoms with Crippen LogP contribution in [-0.2, 0) is 30.3 Å². The summed E-state index contributed by atoms with van der Waals surface area (Å²) >= 11 is 0. The van der Waals surface area contributed by atoms with Gasteiger partial charge in [-0.05, 0) is 37.8 Å². The lowest BCUT2D eigenvalue weighted by molar-refractivity contribution is -0.133. The van der Waals surface area contributed by atoms with E-state index >= 15 is 0 Å². The standard InChI is InChI=1S/C30H41N7O7/c38-25-15-23-27(40)28(41)24(44-23)17-31-29(42)22(14-19-18-37(35-34-19)21-4-2-1-3-5-21)32-26(39)16-30(33-25)8-10-36(11-9-30)20-6-12-43-13-7-20/h1-5,18,20,22-24,27-28,40-41H,6-17H2,(H,31,42)(H,32,39)(H,33,38)/t22-,23+,24-,27?,28?/m1/s1. The Kier molecular flexibility index (Phi) is 9.23. The van der Waals surface area contributed by atoms with E-state index in [0.717, 1.165) is 31.7 Å². The second kappa shape index (κ2) is 13.3. The smallest absolute Gasteiger partial charge is 0.243 e. The highest BCUT2D eigenvalue weighted by Crippen LogP contribution is 2.31. The lowest BCUT2D eigenvalue weighted by Gasteiger charge is -2.45. The molecule has 14 nitrogen and oxygen atoms in total. The summed E-state index contributed by atoms with van der Waals surface area (Å²) in [4.78, 5) is 42.8. The average Bonchev–Trinajstić information content (AvgIpc) is 3.60. The molecule has 3 amide bonds. The maximum absolute atomic E-state index is 13.6. The number of ether oxygens (including phenoxy) is 2. The third kappa shape index (κ3) is 6.94. The quantitative estimate of drug-likeness (QED) is 0.283. The molecule has 4 fully saturated rings. The van der Waals surface area contributed by atoms with Crippen LogP contribution in [0.2, 0.25) is 0 Å². The van der Waals surface area contributed by atoms with Gasteiger partial charge in [-0.2, -0.15) is 0 Å². The minimum atomic E-state index is -1.29. The van der Waals surface area contributed by atoms with E-state index in [4.69, 9.17) is 9.47 Å². The lowest BCUT2D eigenvalue weighted by Crippen LogP contribution is -2.60. The monoisotopic (exact) mass is 611 g/mol. The summed E-state index contributed by atoms with van der Waals surface area (Å²) in [5, 5.41) is 38.4. The summed E-state index contributed by atoms with van der Waals surface area (Å²) in [6, 6.07) is 8.82. The van der Waals surface area contributed by atoms with Gasteiger partial charge in [-0.25, -0.2) is 4.68 Å².